The van der Waals surface area contributed by atoms with Crippen molar-refractivity contribution < 1.29 is 129 Å². The normalized spacial score (nSPS) is 20.2. The maximum atomic E-state index is 13.7. The lowest BCUT2D eigenvalue weighted by atomic mass is 9.87. The van der Waals surface area contributed by atoms with E-state index in [2.05, 4.69) is 16.0 Å². The summed E-state index contributed by atoms with van der Waals surface area (Å²) >= 11 is 0. The number of ketones is 2. The number of nitrogens with one attached hydrogen (secondary N) is 3. The molecule has 0 spiro atoms. The number of rotatable bonds is 48. The Morgan fingerprint density at radius 1 is 0.455 bits per heavy atom. The van der Waals surface area contributed by atoms with Crippen molar-refractivity contribution in [2.24, 2.45) is 5.92 Å². The molecular formula is C69H99N3O27. The van der Waals surface area contributed by atoms with Gasteiger partial charge in [0.25, 0.3) is 5.91 Å². The number of unbranched alkanes of at least 4 members (excludes halogenated alkanes) is 7. The zero-order valence-corrected chi connectivity index (χ0v) is 58.0. The molecular weight excluding hydrogens is 1300 g/mol. The summed E-state index contributed by atoms with van der Waals surface area (Å²) in [5.74, 6) is -7.29. The van der Waals surface area contributed by atoms with Gasteiger partial charge >= 0.3 is 41.8 Å². The molecule has 2 unspecified atom stereocenters. The summed E-state index contributed by atoms with van der Waals surface area (Å²) in [6, 6.07) is 12.8. The number of hydrogen-bond donors (Lipinski definition) is 3. The van der Waals surface area contributed by atoms with Crippen LogP contribution in [0.4, 0.5) is 5.69 Å². The minimum atomic E-state index is -1.29. The van der Waals surface area contributed by atoms with E-state index < -0.39 is 115 Å². The Morgan fingerprint density at radius 2 is 0.939 bits per heavy atom. The van der Waals surface area contributed by atoms with Crippen molar-refractivity contribution in [1.82, 2.24) is 10.6 Å². The van der Waals surface area contributed by atoms with E-state index in [4.69, 9.17) is 71.1 Å². The van der Waals surface area contributed by atoms with E-state index in [1.807, 2.05) is 30.3 Å². The fourth-order valence-electron chi connectivity index (χ4n) is 10.7. The van der Waals surface area contributed by atoms with E-state index in [1.165, 1.54) is 45.9 Å². The Hall–Kier alpha value is -7.84. The molecule has 0 radical (unpaired) electrons. The van der Waals surface area contributed by atoms with Crippen LogP contribution in [0.5, 0.6) is 0 Å². The highest BCUT2D eigenvalue weighted by molar-refractivity contribution is 6.03. The zero-order chi connectivity index (χ0) is 72.5. The summed E-state index contributed by atoms with van der Waals surface area (Å²) in [7, 11) is 0. The minimum absolute atomic E-state index is 0.0120. The molecule has 2 aromatic rings. The average Bonchev–Trinajstić information content (AvgIpc) is 0.820. The largest absolute Gasteiger partial charge is 0.463 e. The number of benzene rings is 2. The lowest BCUT2D eigenvalue weighted by Gasteiger charge is -2.44. The second-order valence-electron chi connectivity index (χ2n) is 23.6. The Balaban J connectivity index is 1.25. The van der Waals surface area contributed by atoms with E-state index in [0.29, 0.717) is 19.3 Å². The molecule has 0 aliphatic carbocycles. The van der Waals surface area contributed by atoms with Gasteiger partial charge < -0.3 is 91.8 Å². The van der Waals surface area contributed by atoms with Gasteiger partial charge in [0, 0.05) is 104 Å². The Kier molecular flexibility index (Phi) is 39.9. The number of amides is 3. The Morgan fingerprint density at radius 3 is 1.49 bits per heavy atom. The predicted molar refractivity (Wildman–Crippen MR) is 348 cm³/mol. The SMILES string of the molecule is CC(=O)C[C@H]1C(OCCOCCOCCNC(=O)c2cc(NC(=O)CCCCCCCCCCC(=O)OCc3ccccc3)cc(C(=O)CCCOCCOCCOC3O[C@H](COC(C)=O)[C@H](OC(C)=O)[C@H](OC(C)=O)[C@H]3NC(C)=O)c2)O[C@H](COC(C)=O)[C@H](OC(C)=O)[C@@H]1OC(C)=O. The van der Waals surface area contributed by atoms with Gasteiger partial charge in [-0.05, 0) is 49.9 Å². The van der Waals surface area contributed by atoms with Gasteiger partial charge in [0.05, 0.1) is 65.4 Å². The smallest absolute Gasteiger partial charge is 0.306 e. The molecule has 30 heteroatoms. The maximum Gasteiger partial charge on any atom is 0.306 e. The molecule has 99 heavy (non-hydrogen) atoms. The monoisotopic (exact) mass is 1400 g/mol. The van der Waals surface area contributed by atoms with Crippen LogP contribution in [-0.2, 0) is 126 Å². The van der Waals surface area contributed by atoms with Crippen molar-refractivity contribution >= 4 is 76.8 Å². The molecule has 2 heterocycles. The molecule has 3 amide bonds. The van der Waals surface area contributed by atoms with Gasteiger partial charge in [0.15, 0.2) is 36.7 Å². The van der Waals surface area contributed by atoms with E-state index >= 15 is 0 Å². The fourth-order valence-corrected chi connectivity index (χ4v) is 10.7. The molecule has 30 nitrogen and oxygen atoms in total. The zero-order valence-electron chi connectivity index (χ0n) is 58.0. The van der Waals surface area contributed by atoms with Crippen LogP contribution in [0.15, 0.2) is 48.5 Å². The van der Waals surface area contributed by atoms with Gasteiger partial charge in [0.2, 0.25) is 11.8 Å². The summed E-state index contributed by atoms with van der Waals surface area (Å²) in [6.45, 7) is 9.62. The second-order valence-corrected chi connectivity index (χ2v) is 23.6. The van der Waals surface area contributed by atoms with E-state index in [0.717, 1.165) is 78.2 Å². The molecule has 2 aromatic carbocycles. The molecule has 4 rings (SSSR count). The first-order valence-electron chi connectivity index (χ1n) is 33.4. The van der Waals surface area contributed by atoms with Crippen LogP contribution in [0.2, 0.25) is 0 Å². The van der Waals surface area contributed by atoms with Gasteiger partial charge in [-0.15, -0.1) is 0 Å². The van der Waals surface area contributed by atoms with Crippen LogP contribution in [0.3, 0.4) is 0 Å². The summed E-state index contributed by atoms with van der Waals surface area (Å²) in [5, 5.41) is 8.26. The standard InChI is InChI=1S/C69H99N3O27/c1-44(73)37-56-63(94-48(5)77)64(95-49(6)78)58(42-91-46(3)75)98-68(56)89-35-33-88-32-30-86-28-26-70-67(84)54-38-53(39-55(40-54)72-60(82)24-18-13-11-9-10-12-14-19-25-61(83)93-41-52-21-16-15-17-22-52)57(81)23-20-27-85-29-31-87-34-36-90-69-62(71-45(2)74)66(97-51(8)80)65(96-50(7)79)59(99-69)43-92-47(4)76/h15-17,21-22,38-40,56,58-59,62-66,68-69H,9-14,18-20,23-37,41-43H2,1-8H3,(H,70,84)(H,71,74)(H,72,82)/t56-,58-,59-,62-,63-,64+,65+,66-,68?,69?/m1/s1. The Labute approximate surface area is 577 Å². The van der Waals surface area contributed by atoms with Gasteiger partial charge in [0.1, 0.15) is 50.0 Å². The third-order valence-electron chi connectivity index (χ3n) is 15.0. The van der Waals surface area contributed by atoms with Crippen molar-refractivity contribution in [1.29, 1.82) is 0 Å². The second kappa shape index (κ2) is 47.3. The molecule has 0 bridgehead atoms. The molecule has 0 aromatic heterocycles. The predicted octanol–water partition coefficient (Wildman–Crippen LogP) is 5.46. The van der Waals surface area contributed by atoms with Crippen molar-refractivity contribution in [2.75, 3.05) is 91.1 Å². The van der Waals surface area contributed by atoms with E-state index in [9.17, 15) is 57.5 Å². The molecule has 552 valence electrons. The number of carbonyl (C=O) groups excluding carboxylic acids is 12. The van der Waals surface area contributed by atoms with Crippen molar-refractivity contribution in [3.8, 4) is 0 Å². The highest BCUT2D eigenvalue weighted by Crippen LogP contribution is 2.35. The molecule has 2 aliphatic heterocycles. The Bertz CT molecular complexity index is 2750. The maximum absolute atomic E-state index is 13.7. The van der Waals surface area contributed by atoms with Crippen molar-refractivity contribution in [3.63, 3.8) is 0 Å². The van der Waals surface area contributed by atoms with E-state index in [1.54, 1.807) is 0 Å². The summed E-state index contributed by atoms with van der Waals surface area (Å²) in [5.41, 5.74) is 1.51. The van der Waals surface area contributed by atoms with Crippen LogP contribution in [0.1, 0.15) is 165 Å². The highest BCUT2D eigenvalue weighted by atomic mass is 16.7. The molecule has 2 fully saturated rings. The highest BCUT2D eigenvalue weighted by Gasteiger charge is 2.53. The lowest BCUT2D eigenvalue weighted by molar-refractivity contribution is -0.293. The summed E-state index contributed by atoms with van der Waals surface area (Å²) < 4.78 is 84.2. The topological polar surface area (TPSA) is 379 Å². The van der Waals surface area contributed by atoms with Crippen LogP contribution < -0.4 is 16.0 Å². The number of hydrogen-bond acceptors (Lipinski definition) is 27. The van der Waals surface area contributed by atoms with Gasteiger partial charge in [-0.3, -0.25) is 52.7 Å². The molecule has 3 N–H and O–H groups in total. The third kappa shape index (κ3) is 34.7. The molecule has 0 saturated carbocycles. The molecule has 2 saturated heterocycles. The van der Waals surface area contributed by atoms with Crippen LogP contribution >= 0.6 is 0 Å². The quantitative estimate of drug-likeness (QED) is 0.0320. The molecule has 2 aliphatic rings. The van der Waals surface area contributed by atoms with E-state index in [-0.39, 0.29) is 145 Å². The van der Waals surface area contributed by atoms with Crippen LogP contribution in [0.25, 0.3) is 0 Å². The van der Waals surface area contributed by atoms with Crippen molar-refractivity contribution in [3.05, 3.63) is 65.2 Å². The first-order valence-corrected chi connectivity index (χ1v) is 33.4. The number of anilines is 1. The minimum Gasteiger partial charge on any atom is -0.463 e. The van der Waals surface area contributed by atoms with Crippen LogP contribution in [-0.4, -0.2) is 212 Å². The summed E-state index contributed by atoms with van der Waals surface area (Å²) in [4.78, 5) is 149. The number of carbonyl (C=O) groups is 12. The van der Waals surface area contributed by atoms with Crippen LogP contribution in [0, 0.1) is 5.92 Å². The number of esters is 7. The first-order chi connectivity index (χ1) is 47.4. The number of Topliss-reactive ketones (excluding diaryl/α,β-unsaturated/α-hetero) is 2. The van der Waals surface area contributed by atoms with Gasteiger partial charge in [-0.2, -0.15) is 0 Å². The lowest BCUT2D eigenvalue weighted by Crippen LogP contribution is -2.66. The fraction of sp³-hybridized carbons (Fsp3) is 0.652. The third-order valence-corrected chi connectivity index (χ3v) is 15.0. The average molecular weight is 1400 g/mol. The van der Waals surface area contributed by atoms with Gasteiger partial charge in [-0.1, -0.05) is 68.9 Å². The van der Waals surface area contributed by atoms with Crippen molar-refractivity contribution in [2.45, 2.75) is 201 Å². The first kappa shape index (κ1) is 83.6. The molecule has 10 atom stereocenters. The van der Waals surface area contributed by atoms with Gasteiger partial charge in [-0.25, -0.2) is 0 Å². The number of ether oxygens (including phenoxy) is 15. The summed E-state index contributed by atoms with van der Waals surface area (Å²) in [6.07, 6.45) is -1.90.